The molecule has 0 N–H and O–H groups in total. The van der Waals surface area contributed by atoms with Crippen LogP contribution >= 0.6 is 0 Å². The second-order valence-electron chi connectivity index (χ2n) is 1.80. The highest BCUT2D eigenvalue weighted by atomic mass is 28.2. The van der Waals surface area contributed by atoms with Gasteiger partial charge in [-0.25, -0.2) is 0 Å². The highest BCUT2D eigenvalue weighted by Gasteiger charge is 2.12. The minimum Gasteiger partial charge on any atom is -0.421 e. The largest absolute Gasteiger partial charge is 0.421 e. The first-order valence-electron chi connectivity index (χ1n) is 2.57. The molecule has 8 heavy (non-hydrogen) atoms. The lowest BCUT2D eigenvalue weighted by atomic mass is 10.3. The summed E-state index contributed by atoms with van der Waals surface area (Å²) >= 11 is 0. The van der Waals surface area contributed by atoms with Crippen molar-refractivity contribution in [3.8, 4) is 0 Å². The Morgan fingerprint density at radius 3 is 2.88 bits per heavy atom. The third-order valence-corrected chi connectivity index (χ3v) is 1.81. The van der Waals surface area contributed by atoms with Gasteiger partial charge in [0.05, 0.1) is 6.10 Å². The number of hydrogen-bond donors (Lipinski definition) is 0. The van der Waals surface area contributed by atoms with Crippen LogP contribution in [0, 0.1) is 0 Å². The van der Waals surface area contributed by atoms with E-state index in [9.17, 15) is 4.79 Å². The predicted octanol–water partition coefficient (Wildman–Crippen LogP) is -0.819. The van der Waals surface area contributed by atoms with Gasteiger partial charge in [-0.3, -0.25) is 4.79 Å². The first kappa shape index (κ1) is 5.72. The third-order valence-electron chi connectivity index (χ3n) is 1.20. The number of carbonyl (C=O) groups excluding carboxylic acids is 1. The molecular weight excluding hydrogens is 120 g/mol. The van der Waals surface area contributed by atoms with Crippen LogP contribution in [0.3, 0.4) is 0 Å². The van der Waals surface area contributed by atoms with E-state index in [-0.39, 0.29) is 11.9 Å². The Morgan fingerprint density at radius 2 is 2.62 bits per heavy atom. The maximum atomic E-state index is 10.5. The molecule has 1 rings (SSSR count). The van der Waals surface area contributed by atoms with Crippen LogP contribution in [0.5, 0.6) is 0 Å². The quantitative estimate of drug-likeness (QED) is 0.431. The normalized spacial score (nSPS) is 27.5. The molecule has 0 radical (unpaired) electrons. The first-order valence-corrected chi connectivity index (χ1v) is 3.38. The van der Waals surface area contributed by atoms with Crippen LogP contribution in [0.1, 0.15) is 6.42 Å². The van der Waals surface area contributed by atoms with E-state index in [0.29, 0.717) is 6.42 Å². The zero-order valence-electron chi connectivity index (χ0n) is 4.76. The molecule has 0 bridgehead atoms. The molecule has 0 amide bonds. The molecule has 1 aliphatic carbocycles. The second kappa shape index (κ2) is 2.24. The molecule has 1 atom stereocenters. The molecule has 2 nitrogen and oxygen atoms in total. The summed E-state index contributed by atoms with van der Waals surface area (Å²) in [6.07, 6.45) is 4.07. The van der Waals surface area contributed by atoms with E-state index in [2.05, 4.69) is 0 Å². The fourth-order valence-electron chi connectivity index (χ4n) is 0.711. The molecule has 0 fully saturated rings. The summed E-state index contributed by atoms with van der Waals surface area (Å²) in [5.74, 6) is 0.186. The minimum atomic E-state index is 0.106. The van der Waals surface area contributed by atoms with E-state index < -0.39 is 0 Å². The summed E-state index contributed by atoms with van der Waals surface area (Å²) in [4.78, 5) is 10.5. The third kappa shape index (κ3) is 1.05. The van der Waals surface area contributed by atoms with Gasteiger partial charge in [0.15, 0.2) is 5.78 Å². The second-order valence-corrected chi connectivity index (χ2v) is 2.28. The lowest BCUT2D eigenvalue weighted by Gasteiger charge is -2.00. The fourth-order valence-corrected chi connectivity index (χ4v) is 1.03. The Bertz CT molecular complexity index is 130. The molecule has 0 aromatic rings. The van der Waals surface area contributed by atoms with Gasteiger partial charge in [0, 0.05) is 6.42 Å². The van der Waals surface area contributed by atoms with Gasteiger partial charge in [0.2, 0.25) is 0 Å². The Hall–Kier alpha value is -0.413. The Morgan fingerprint density at radius 1 is 1.88 bits per heavy atom. The van der Waals surface area contributed by atoms with Gasteiger partial charge in [-0.1, -0.05) is 6.08 Å². The molecule has 0 saturated carbocycles. The van der Waals surface area contributed by atoms with Crippen LogP contribution in [-0.4, -0.2) is 22.4 Å². The van der Waals surface area contributed by atoms with Crippen molar-refractivity contribution in [3.63, 3.8) is 0 Å². The summed E-state index contributed by atoms with van der Waals surface area (Å²) in [6.45, 7) is 0. The van der Waals surface area contributed by atoms with E-state index in [4.69, 9.17) is 4.43 Å². The highest BCUT2D eigenvalue weighted by molar-refractivity contribution is 5.99. The van der Waals surface area contributed by atoms with E-state index in [1.54, 1.807) is 6.08 Å². The topological polar surface area (TPSA) is 26.3 Å². The van der Waals surface area contributed by atoms with Crippen LogP contribution in [0.2, 0.25) is 0 Å². The first-order chi connectivity index (χ1) is 3.83. The minimum absolute atomic E-state index is 0.106. The van der Waals surface area contributed by atoms with Crippen molar-refractivity contribution < 1.29 is 9.22 Å². The average molecular weight is 128 g/mol. The zero-order valence-corrected chi connectivity index (χ0v) is 6.76. The summed E-state index contributed by atoms with van der Waals surface area (Å²) in [5.41, 5.74) is 0. The van der Waals surface area contributed by atoms with Crippen molar-refractivity contribution in [2.75, 3.05) is 0 Å². The Kier molecular flexibility index (Phi) is 1.60. The van der Waals surface area contributed by atoms with Gasteiger partial charge in [0.25, 0.3) is 0 Å². The number of carbonyl (C=O) groups is 1. The van der Waals surface area contributed by atoms with Crippen LogP contribution in [0.4, 0.5) is 0 Å². The van der Waals surface area contributed by atoms with E-state index in [0.717, 1.165) is 10.5 Å². The van der Waals surface area contributed by atoms with Crippen LogP contribution < -0.4 is 0 Å². The van der Waals surface area contributed by atoms with Crippen molar-refractivity contribution in [1.82, 2.24) is 0 Å². The summed E-state index contributed by atoms with van der Waals surface area (Å²) < 4.78 is 5.01. The number of ketones is 1. The molecule has 0 spiro atoms. The van der Waals surface area contributed by atoms with E-state index in [1.807, 2.05) is 6.08 Å². The molecule has 44 valence electrons. The molecule has 0 saturated heterocycles. The molecule has 0 aromatic heterocycles. The lowest BCUT2D eigenvalue weighted by molar-refractivity contribution is -0.114. The zero-order chi connectivity index (χ0) is 5.98. The van der Waals surface area contributed by atoms with Gasteiger partial charge in [-0.05, 0) is 6.08 Å². The SMILES string of the molecule is O=C1C=CC(O[SiH3])C1. The molecule has 0 heterocycles. The van der Waals surface area contributed by atoms with Gasteiger partial charge in [-0.15, -0.1) is 0 Å². The molecule has 0 aliphatic heterocycles. The van der Waals surface area contributed by atoms with Crippen molar-refractivity contribution in [3.05, 3.63) is 12.2 Å². The van der Waals surface area contributed by atoms with Gasteiger partial charge < -0.3 is 4.43 Å². The monoisotopic (exact) mass is 128 g/mol. The molecule has 1 aliphatic rings. The Labute approximate surface area is 51.1 Å². The summed E-state index contributed by atoms with van der Waals surface area (Å²) in [7, 11) is 0.719. The summed E-state index contributed by atoms with van der Waals surface area (Å²) in [5, 5.41) is 0. The molecule has 1 unspecified atom stereocenters. The number of rotatable bonds is 1. The smallest absolute Gasteiger partial charge is 0.158 e. The van der Waals surface area contributed by atoms with Gasteiger partial charge in [0.1, 0.15) is 10.5 Å². The van der Waals surface area contributed by atoms with Crippen LogP contribution in [0.15, 0.2) is 12.2 Å². The van der Waals surface area contributed by atoms with Crippen LogP contribution in [0.25, 0.3) is 0 Å². The molecule has 3 heteroatoms. The number of allylic oxidation sites excluding steroid dienone is 1. The van der Waals surface area contributed by atoms with E-state index >= 15 is 0 Å². The highest BCUT2D eigenvalue weighted by Crippen LogP contribution is 2.07. The van der Waals surface area contributed by atoms with Gasteiger partial charge in [-0.2, -0.15) is 0 Å². The summed E-state index contributed by atoms with van der Waals surface area (Å²) in [6, 6.07) is 0. The van der Waals surface area contributed by atoms with Crippen molar-refractivity contribution in [2.45, 2.75) is 12.5 Å². The molecular formula is C5H8O2Si. The van der Waals surface area contributed by atoms with Crippen molar-refractivity contribution in [1.29, 1.82) is 0 Å². The average Bonchev–Trinajstić information content (AvgIpc) is 2.14. The maximum absolute atomic E-state index is 10.5. The Balaban J connectivity index is 2.46. The van der Waals surface area contributed by atoms with Gasteiger partial charge >= 0.3 is 0 Å². The molecule has 0 aromatic carbocycles. The maximum Gasteiger partial charge on any atom is 0.158 e. The lowest BCUT2D eigenvalue weighted by Crippen LogP contribution is -2.05. The van der Waals surface area contributed by atoms with Crippen molar-refractivity contribution in [2.24, 2.45) is 0 Å². The van der Waals surface area contributed by atoms with E-state index in [1.165, 1.54) is 0 Å². The predicted molar refractivity (Wildman–Crippen MR) is 33.6 cm³/mol. The number of hydrogen-bond acceptors (Lipinski definition) is 2. The fraction of sp³-hybridized carbons (Fsp3) is 0.400. The van der Waals surface area contributed by atoms with Crippen molar-refractivity contribution >= 4 is 16.3 Å². The standard InChI is InChI=1S/C5H8O2Si/c6-4-1-2-5(3-4)7-8/h1-2,5H,3H2,8H3. The van der Waals surface area contributed by atoms with Crippen LogP contribution in [-0.2, 0) is 9.22 Å².